The average molecular weight is 427 g/mol. The number of rotatable bonds is 0. The van der Waals surface area contributed by atoms with Crippen LogP contribution in [-0.4, -0.2) is 6.26 Å². The summed E-state index contributed by atoms with van der Waals surface area (Å²) in [5.41, 5.74) is 5.96. The summed E-state index contributed by atoms with van der Waals surface area (Å²) < 4.78 is 34.0. The molecule has 0 saturated carbocycles. The number of benzene rings is 4. The van der Waals surface area contributed by atoms with Gasteiger partial charge in [0.15, 0.2) is 0 Å². The highest BCUT2D eigenvalue weighted by atomic mass is 35.7. The normalized spacial score (nSPS) is 14.0. The van der Waals surface area contributed by atoms with Crippen molar-refractivity contribution in [2.24, 2.45) is 0 Å². The van der Waals surface area contributed by atoms with E-state index in [9.17, 15) is 0 Å². The first-order chi connectivity index (χ1) is 13.8. The van der Waals surface area contributed by atoms with E-state index in [1.54, 1.807) is 0 Å². The smallest absolute Gasteiger partial charge is 0.133 e. The first-order valence-corrected chi connectivity index (χ1v) is 12.2. The summed E-state index contributed by atoms with van der Waals surface area (Å²) in [6, 6.07) is 27.0. The fourth-order valence-electron chi connectivity index (χ4n) is 4.05. The fourth-order valence-corrected chi connectivity index (χ4v) is 5.69. The van der Waals surface area contributed by atoms with Crippen molar-refractivity contribution >= 4 is 32.4 Å². The van der Waals surface area contributed by atoms with E-state index in [-0.39, 0.29) is 0 Å². The predicted octanol–water partition coefficient (Wildman–Crippen LogP) is 1.17. The molecule has 4 aromatic rings. The van der Waals surface area contributed by atoms with Gasteiger partial charge in [-0.05, 0) is 43.6 Å². The molecular weight excluding hydrogens is 408 g/mol. The molecule has 0 unspecified atom stereocenters. The topological polar surface area (TPSA) is 92.2 Å². The number of hydrogen-bond donors (Lipinski definition) is 0. The Morgan fingerprint density at radius 2 is 1.00 bits per heavy atom. The Bertz CT molecular complexity index is 1090. The molecule has 6 heteroatoms. The fraction of sp³-hybridized carbons (Fsp3) is 0.130. The van der Waals surface area contributed by atoms with Crippen LogP contribution in [0.5, 0.6) is 0 Å². The van der Waals surface area contributed by atoms with Crippen LogP contribution in [0.3, 0.4) is 0 Å². The van der Waals surface area contributed by atoms with Gasteiger partial charge in [-0.15, -0.1) is 10.2 Å². The predicted molar refractivity (Wildman–Crippen MR) is 108 cm³/mol. The molecule has 1 aliphatic heterocycles. The van der Waals surface area contributed by atoms with E-state index in [1.165, 1.54) is 55.3 Å². The third-order valence-corrected chi connectivity index (χ3v) is 6.69. The van der Waals surface area contributed by atoms with Crippen molar-refractivity contribution in [2.45, 2.75) is 11.5 Å². The van der Waals surface area contributed by atoms with E-state index >= 15 is 0 Å². The van der Waals surface area contributed by atoms with Gasteiger partial charge in [-0.3, -0.25) is 0 Å². The van der Waals surface area contributed by atoms with Crippen LogP contribution in [0.15, 0.2) is 72.8 Å². The summed E-state index contributed by atoms with van der Waals surface area (Å²) in [5, 5.41) is 5.47. The van der Waals surface area contributed by atoms with E-state index in [0.29, 0.717) is 10.9 Å². The molecule has 1 aliphatic rings. The van der Waals surface area contributed by atoms with E-state index < -0.39 is 10.2 Å². The van der Waals surface area contributed by atoms with Gasteiger partial charge < -0.3 is 0 Å². The van der Waals surface area contributed by atoms with Gasteiger partial charge in [-0.2, -0.15) is 0 Å². The molecule has 5 rings (SSSR count). The molecule has 29 heavy (non-hydrogen) atoms. The lowest BCUT2D eigenvalue weighted by Gasteiger charge is -2.17. The van der Waals surface area contributed by atoms with Crippen LogP contribution >= 0.6 is 0 Å². The molecule has 0 aromatic heterocycles. The first-order valence-electron chi connectivity index (χ1n) is 9.04. The van der Waals surface area contributed by atoms with Crippen LogP contribution in [0, 0.1) is 10.2 Å². The Morgan fingerprint density at radius 3 is 1.41 bits per heavy atom. The number of fused-ring (bicyclic) bond motifs is 7. The minimum Gasteiger partial charge on any atom is -0.222 e. The van der Waals surface area contributed by atoms with Crippen molar-refractivity contribution in [2.75, 3.05) is 6.26 Å². The molecule has 0 fully saturated rings. The molecule has 148 valence electrons. The quantitative estimate of drug-likeness (QED) is 0.394. The van der Waals surface area contributed by atoms with Gasteiger partial charge in [0.05, 0.1) is 6.26 Å². The molecular formula is C23H19ClO4S. The third-order valence-electron chi connectivity index (χ3n) is 5.08. The second-order valence-electron chi connectivity index (χ2n) is 7.09. The zero-order valence-corrected chi connectivity index (χ0v) is 17.3. The van der Waals surface area contributed by atoms with Crippen LogP contribution in [0.4, 0.5) is 0 Å². The van der Waals surface area contributed by atoms with Crippen molar-refractivity contribution in [1.82, 2.24) is 0 Å². The maximum atomic E-state index is 8.49. The summed E-state index contributed by atoms with van der Waals surface area (Å²) >= 11 is 0. The Morgan fingerprint density at radius 1 is 0.621 bits per heavy atom. The largest absolute Gasteiger partial charge is 0.222 e. The molecule has 0 saturated heterocycles. The Balaban J connectivity index is 0.000000369. The molecule has 4 aromatic carbocycles. The molecule has 0 N–H and O–H groups in total. The van der Waals surface area contributed by atoms with Crippen LogP contribution in [-0.2, 0) is 22.4 Å². The maximum Gasteiger partial charge on any atom is 0.133 e. The van der Waals surface area contributed by atoms with Gasteiger partial charge in [-0.25, -0.2) is 18.6 Å². The highest BCUT2D eigenvalue weighted by Gasteiger charge is 2.26. The molecule has 0 aliphatic carbocycles. The van der Waals surface area contributed by atoms with E-state index in [4.69, 9.17) is 18.6 Å². The van der Waals surface area contributed by atoms with Gasteiger partial charge in [0.2, 0.25) is 0 Å². The van der Waals surface area contributed by atoms with Crippen LogP contribution in [0.25, 0.3) is 32.7 Å². The average Bonchev–Trinajstić information content (AvgIpc) is 2.82. The maximum absolute atomic E-state index is 8.49. The first kappa shape index (κ1) is 20.2. The van der Waals surface area contributed by atoms with Crippen molar-refractivity contribution in [1.29, 1.82) is 0 Å². The van der Waals surface area contributed by atoms with E-state index in [2.05, 4.69) is 79.1 Å². The highest BCUT2D eigenvalue weighted by Crippen LogP contribution is 2.42. The molecule has 0 amide bonds. The minimum atomic E-state index is -4.94. The molecule has 4 nitrogen and oxygen atoms in total. The monoisotopic (exact) mass is 426 g/mol. The van der Waals surface area contributed by atoms with Crippen LogP contribution in [0.1, 0.15) is 11.1 Å². The van der Waals surface area contributed by atoms with Crippen molar-refractivity contribution < 1.29 is 28.9 Å². The van der Waals surface area contributed by atoms with Crippen LogP contribution in [0.2, 0.25) is 0 Å². The lowest BCUT2D eigenvalue weighted by atomic mass is 9.88. The van der Waals surface area contributed by atoms with Gasteiger partial charge in [0.25, 0.3) is 0 Å². The van der Waals surface area contributed by atoms with Crippen molar-refractivity contribution in [3.05, 3.63) is 83.9 Å². The standard InChI is InChI=1S/C23H19S.ClHO4/c1-24-14-18-12-10-16-6-2-4-8-20(16)22(18)23-19(15-24)13-11-17-7-3-5-9-21(17)23;2-1(3,4)5/h2-13H,14-15H2,1H3;(H,2,3,4,5)/q+1;/p-1. The second-order valence-corrected chi connectivity index (χ2v) is 9.99. The van der Waals surface area contributed by atoms with E-state index in [1.807, 2.05) is 0 Å². The molecule has 1 heterocycles. The summed E-state index contributed by atoms with van der Waals surface area (Å²) in [6.45, 7) is 0. The van der Waals surface area contributed by atoms with Crippen molar-refractivity contribution in [3.63, 3.8) is 0 Å². The molecule has 0 bridgehead atoms. The van der Waals surface area contributed by atoms with Gasteiger partial charge >= 0.3 is 0 Å². The zero-order valence-electron chi connectivity index (χ0n) is 15.8. The summed E-state index contributed by atoms with van der Waals surface area (Å²) in [6.07, 6.45) is 2.41. The molecule has 0 radical (unpaired) electrons. The van der Waals surface area contributed by atoms with Gasteiger partial charge in [-0.1, -0.05) is 72.8 Å². The summed E-state index contributed by atoms with van der Waals surface area (Å²) in [5.74, 6) is 2.37. The number of halogens is 1. The number of hydrogen-bond acceptors (Lipinski definition) is 4. The highest BCUT2D eigenvalue weighted by molar-refractivity contribution is 7.94. The van der Waals surface area contributed by atoms with Crippen molar-refractivity contribution in [3.8, 4) is 11.1 Å². The van der Waals surface area contributed by atoms with Gasteiger partial charge in [0, 0.05) is 11.1 Å². The summed E-state index contributed by atoms with van der Waals surface area (Å²) in [4.78, 5) is 0. The van der Waals surface area contributed by atoms with E-state index in [0.717, 1.165) is 0 Å². The molecule has 0 spiro atoms. The third kappa shape index (κ3) is 4.41. The summed E-state index contributed by atoms with van der Waals surface area (Å²) in [7, 11) is -4.56. The Labute approximate surface area is 174 Å². The lowest BCUT2D eigenvalue weighted by molar-refractivity contribution is -2.00. The Hall–Kier alpha value is -2.12. The van der Waals surface area contributed by atoms with Gasteiger partial charge in [0.1, 0.15) is 11.5 Å². The lowest BCUT2D eigenvalue weighted by Crippen LogP contribution is -2.68. The second kappa shape index (κ2) is 7.95. The molecule has 0 atom stereocenters. The SMILES string of the molecule is C[S+]1Cc2ccc3ccccc3c2-c2c(ccc3ccccc23)C1.[O-][Cl+3]([O-])([O-])[O-]. The Kier molecular flexibility index (Phi) is 5.53. The van der Waals surface area contributed by atoms with Crippen LogP contribution < -0.4 is 18.6 Å². The zero-order chi connectivity index (χ0) is 20.6. The minimum absolute atomic E-state index is 0.384.